The first-order valence-electron chi connectivity index (χ1n) is 6.62. The molecule has 1 aromatic rings. The van der Waals surface area contributed by atoms with Crippen LogP contribution in [0.4, 0.5) is 11.4 Å². The van der Waals surface area contributed by atoms with Crippen LogP contribution >= 0.6 is 0 Å². The van der Waals surface area contributed by atoms with Gasteiger partial charge in [0.1, 0.15) is 0 Å². The molecule has 0 amide bonds. The second kappa shape index (κ2) is 7.03. The first-order valence-corrected chi connectivity index (χ1v) is 6.62. The van der Waals surface area contributed by atoms with E-state index in [2.05, 4.69) is 4.90 Å². The Balaban J connectivity index is 3.09. The number of carbonyl (C=O) groups is 1. The fourth-order valence-electron chi connectivity index (χ4n) is 2.14. The highest BCUT2D eigenvalue weighted by Crippen LogP contribution is 2.30. The lowest BCUT2D eigenvalue weighted by Gasteiger charge is -2.22. The molecule has 1 rings (SSSR count). The Hall–Kier alpha value is -2.15. The van der Waals surface area contributed by atoms with Gasteiger partial charge in [0.05, 0.1) is 16.1 Å². The van der Waals surface area contributed by atoms with Crippen molar-refractivity contribution in [3.05, 3.63) is 33.4 Å². The predicted molar refractivity (Wildman–Crippen MR) is 81.2 cm³/mol. The van der Waals surface area contributed by atoms with E-state index in [1.807, 2.05) is 26.0 Å². The average molecular weight is 295 g/mol. The number of nitrogens with zero attached hydrogens (tertiary/aromatic N) is 3. The van der Waals surface area contributed by atoms with Crippen LogP contribution < -0.4 is 4.90 Å². The molecule has 0 aliphatic rings. The number of rotatable bonds is 7. The monoisotopic (exact) mass is 295 g/mol. The standard InChI is InChI=1S/C14H21N3O4/c1-10-12(16(4)7-5-6-15(2)3)8-11(14(18)19)9-13(10)17(20)21/h8-9H,5-7H2,1-4H3,(H,18,19). The summed E-state index contributed by atoms with van der Waals surface area (Å²) in [5.74, 6) is -1.17. The van der Waals surface area contributed by atoms with Crippen molar-refractivity contribution in [2.75, 3.05) is 39.1 Å². The largest absolute Gasteiger partial charge is 0.478 e. The Morgan fingerprint density at radius 1 is 1.29 bits per heavy atom. The van der Waals surface area contributed by atoms with Crippen molar-refractivity contribution in [3.63, 3.8) is 0 Å². The molecule has 0 spiro atoms. The molecule has 0 heterocycles. The molecule has 0 saturated heterocycles. The van der Waals surface area contributed by atoms with Crippen molar-refractivity contribution >= 4 is 17.3 Å². The smallest absolute Gasteiger partial charge is 0.336 e. The second-order valence-electron chi connectivity index (χ2n) is 5.28. The summed E-state index contributed by atoms with van der Waals surface area (Å²) in [4.78, 5) is 25.5. The fourth-order valence-corrected chi connectivity index (χ4v) is 2.14. The van der Waals surface area contributed by atoms with Crippen LogP contribution in [-0.2, 0) is 0 Å². The molecule has 1 aromatic carbocycles. The molecule has 7 heteroatoms. The van der Waals surface area contributed by atoms with Crippen LogP contribution in [0.2, 0.25) is 0 Å². The maximum Gasteiger partial charge on any atom is 0.336 e. The van der Waals surface area contributed by atoms with Gasteiger partial charge in [-0.25, -0.2) is 4.79 Å². The van der Waals surface area contributed by atoms with Gasteiger partial charge in [-0.05, 0) is 40.1 Å². The highest BCUT2D eigenvalue weighted by molar-refractivity contribution is 5.90. The Kier molecular flexibility index (Phi) is 5.66. The Bertz CT molecular complexity index is 543. The zero-order valence-corrected chi connectivity index (χ0v) is 12.8. The number of nitro benzene ring substituents is 1. The van der Waals surface area contributed by atoms with Crippen LogP contribution in [0.5, 0.6) is 0 Å². The molecular weight excluding hydrogens is 274 g/mol. The molecule has 0 radical (unpaired) electrons. The van der Waals surface area contributed by atoms with E-state index in [9.17, 15) is 14.9 Å². The molecule has 1 N–H and O–H groups in total. The normalized spacial score (nSPS) is 10.7. The summed E-state index contributed by atoms with van der Waals surface area (Å²) >= 11 is 0. The van der Waals surface area contributed by atoms with Gasteiger partial charge < -0.3 is 14.9 Å². The number of carboxylic acid groups (broad SMARTS) is 1. The predicted octanol–water partition coefficient (Wildman–Crippen LogP) is 1.99. The molecule has 21 heavy (non-hydrogen) atoms. The molecule has 0 atom stereocenters. The Labute approximate surface area is 123 Å². The van der Waals surface area contributed by atoms with E-state index in [0.29, 0.717) is 17.8 Å². The molecule has 0 saturated carbocycles. The molecule has 0 aliphatic heterocycles. The summed E-state index contributed by atoms with van der Waals surface area (Å²) < 4.78 is 0. The van der Waals surface area contributed by atoms with Crippen molar-refractivity contribution in [1.29, 1.82) is 0 Å². The highest BCUT2D eigenvalue weighted by Gasteiger charge is 2.20. The summed E-state index contributed by atoms with van der Waals surface area (Å²) in [6, 6.07) is 2.59. The number of anilines is 1. The van der Waals surface area contributed by atoms with E-state index in [0.717, 1.165) is 19.0 Å². The second-order valence-corrected chi connectivity index (χ2v) is 5.28. The number of carboxylic acids is 1. The quantitative estimate of drug-likeness (QED) is 0.611. The van der Waals surface area contributed by atoms with E-state index in [1.54, 1.807) is 6.92 Å². The first-order chi connectivity index (χ1) is 9.73. The van der Waals surface area contributed by atoms with Gasteiger partial charge in [-0.15, -0.1) is 0 Å². The molecule has 0 aliphatic carbocycles. The first kappa shape index (κ1) is 16.9. The van der Waals surface area contributed by atoms with E-state index < -0.39 is 10.9 Å². The van der Waals surface area contributed by atoms with E-state index in [4.69, 9.17) is 5.11 Å². The third kappa shape index (κ3) is 4.42. The van der Waals surface area contributed by atoms with E-state index in [1.165, 1.54) is 6.07 Å². The van der Waals surface area contributed by atoms with Crippen molar-refractivity contribution in [1.82, 2.24) is 4.90 Å². The number of nitro groups is 1. The minimum Gasteiger partial charge on any atom is -0.478 e. The van der Waals surface area contributed by atoms with Gasteiger partial charge in [0, 0.05) is 25.3 Å². The fraction of sp³-hybridized carbons (Fsp3) is 0.500. The van der Waals surface area contributed by atoms with Gasteiger partial charge in [-0.3, -0.25) is 10.1 Å². The average Bonchev–Trinajstić information content (AvgIpc) is 2.37. The third-order valence-electron chi connectivity index (χ3n) is 3.31. The summed E-state index contributed by atoms with van der Waals surface area (Å²) in [6.45, 7) is 3.23. The third-order valence-corrected chi connectivity index (χ3v) is 3.31. The van der Waals surface area contributed by atoms with Crippen LogP contribution in [0.1, 0.15) is 22.3 Å². The zero-order chi connectivity index (χ0) is 16.2. The van der Waals surface area contributed by atoms with Gasteiger partial charge in [0.2, 0.25) is 0 Å². The maximum atomic E-state index is 11.1. The molecule has 116 valence electrons. The minimum absolute atomic E-state index is 0.0678. The number of hydrogen-bond acceptors (Lipinski definition) is 5. The van der Waals surface area contributed by atoms with E-state index >= 15 is 0 Å². The van der Waals surface area contributed by atoms with Gasteiger partial charge in [0.25, 0.3) is 5.69 Å². The van der Waals surface area contributed by atoms with E-state index in [-0.39, 0.29) is 11.3 Å². The Morgan fingerprint density at radius 3 is 2.38 bits per heavy atom. The van der Waals surface area contributed by atoms with Crippen molar-refractivity contribution in [3.8, 4) is 0 Å². The SMILES string of the molecule is Cc1c(N(C)CCCN(C)C)cc(C(=O)O)cc1[N+](=O)[O-]. The number of benzene rings is 1. The molecule has 0 fully saturated rings. The molecule has 0 bridgehead atoms. The van der Waals surface area contributed by atoms with Crippen LogP contribution in [0.3, 0.4) is 0 Å². The van der Waals surface area contributed by atoms with Crippen LogP contribution in [0.15, 0.2) is 12.1 Å². The minimum atomic E-state index is -1.17. The summed E-state index contributed by atoms with van der Waals surface area (Å²) in [5.41, 5.74) is 0.837. The molecular formula is C14H21N3O4. The lowest BCUT2D eigenvalue weighted by Crippen LogP contribution is -2.24. The van der Waals surface area contributed by atoms with Gasteiger partial charge in [-0.2, -0.15) is 0 Å². The molecule has 7 nitrogen and oxygen atoms in total. The van der Waals surface area contributed by atoms with Crippen LogP contribution in [-0.4, -0.2) is 55.1 Å². The van der Waals surface area contributed by atoms with Crippen molar-refractivity contribution in [2.45, 2.75) is 13.3 Å². The number of hydrogen-bond donors (Lipinski definition) is 1. The Morgan fingerprint density at radius 2 is 1.90 bits per heavy atom. The lowest BCUT2D eigenvalue weighted by atomic mass is 10.1. The van der Waals surface area contributed by atoms with Gasteiger partial charge in [0.15, 0.2) is 0 Å². The van der Waals surface area contributed by atoms with Gasteiger partial charge in [-0.1, -0.05) is 0 Å². The topological polar surface area (TPSA) is 86.9 Å². The van der Waals surface area contributed by atoms with Crippen LogP contribution in [0, 0.1) is 17.0 Å². The highest BCUT2D eigenvalue weighted by atomic mass is 16.6. The van der Waals surface area contributed by atoms with Crippen molar-refractivity contribution < 1.29 is 14.8 Å². The summed E-state index contributed by atoms with van der Waals surface area (Å²) in [5, 5.41) is 20.2. The van der Waals surface area contributed by atoms with Crippen molar-refractivity contribution in [2.24, 2.45) is 0 Å². The number of aromatic carboxylic acids is 1. The van der Waals surface area contributed by atoms with Crippen LogP contribution in [0.25, 0.3) is 0 Å². The molecule has 0 aromatic heterocycles. The maximum absolute atomic E-state index is 11.1. The summed E-state index contributed by atoms with van der Waals surface area (Å²) in [6.07, 6.45) is 0.883. The van der Waals surface area contributed by atoms with Gasteiger partial charge >= 0.3 is 5.97 Å². The summed E-state index contributed by atoms with van der Waals surface area (Å²) in [7, 11) is 5.76. The molecule has 0 unspecified atom stereocenters. The lowest BCUT2D eigenvalue weighted by molar-refractivity contribution is -0.385. The zero-order valence-electron chi connectivity index (χ0n) is 12.8.